The summed E-state index contributed by atoms with van der Waals surface area (Å²) in [6, 6.07) is 7.30. The van der Waals surface area contributed by atoms with E-state index < -0.39 is 0 Å². The molecule has 0 bridgehead atoms. The smallest absolute Gasteiger partial charge is 0.337 e. The van der Waals surface area contributed by atoms with Crippen molar-refractivity contribution in [2.24, 2.45) is 7.05 Å². The maximum Gasteiger partial charge on any atom is 0.337 e. The molecule has 0 N–H and O–H groups in total. The molecule has 4 rings (SSSR count). The van der Waals surface area contributed by atoms with Gasteiger partial charge in [-0.1, -0.05) is 37.7 Å². The van der Waals surface area contributed by atoms with Gasteiger partial charge in [-0.15, -0.1) is 11.3 Å². The van der Waals surface area contributed by atoms with Gasteiger partial charge >= 0.3 is 5.97 Å². The minimum absolute atomic E-state index is 0.0536. The molecule has 0 saturated heterocycles. The molecule has 148 valence electrons. The van der Waals surface area contributed by atoms with Crippen LogP contribution in [-0.2, 0) is 30.4 Å². The normalized spacial score (nSPS) is 12.4. The summed E-state index contributed by atoms with van der Waals surface area (Å²) in [5, 5.41) is 1.54. The molecule has 0 atom stereocenters. The fourth-order valence-corrected chi connectivity index (χ4v) is 5.47. The zero-order chi connectivity index (χ0) is 20.3. The standard InChI is InChI=1S/C19H18N2O3S2.C2H6/c1-21-17(22)15-13-4-3-5-14(13)26-16(15)20-19(21)25-10-11-6-8-12(9-7-11)18(23)24-2;1-2/h6-9H,3-5,10H2,1-2H3;1-2H3. The van der Waals surface area contributed by atoms with Crippen molar-refractivity contribution in [2.45, 2.75) is 44.0 Å². The second-order valence-corrected chi connectivity index (χ2v) is 8.30. The van der Waals surface area contributed by atoms with E-state index in [0.29, 0.717) is 11.3 Å². The van der Waals surface area contributed by atoms with Gasteiger partial charge in [0.2, 0.25) is 0 Å². The molecule has 0 amide bonds. The second kappa shape index (κ2) is 8.92. The van der Waals surface area contributed by atoms with Gasteiger partial charge in [-0.2, -0.15) is 0 Å². The Kier molecular flexibility index (Phi) is 6.57. The van der Waals surface area contributed by atoms with E-state index in [4.69, 9.17) is 9.72 Å². The molecule has 0 aliphatic heterocycles. The van der Waals surface area contributed by atoms with Crippen LogP contribution in [0.5, 0.6) is 0 Å². The molecule has 1 aromatic carbocycles. The summed E-state index contributed by atoms with van der Waals surface area (Å²) in [5.41, 5.74) is 2.86. The van der Waals surface area contributed by atoms with Crippen LogP contribution < -0.4 is 5.56 Å². The topological polar surface area (TPSA) is 61.2 Å². The molecule has 0 radical (unpaired) electrons. The Balaban J connectivity index is 0.00000109. The van der Waals surface area contributed by atoms with Crippen molar-refractivity contribution in [1.82, 2.24) is 9.55 Å². The highest BCUT2D eigenvalue weighted by Gasteiger charge is 2.22. The Hall–Kier alpha value is -2.12. The monoisotopic (exact) mass is 416 g/mol. The molecule has 1 aliphatic carbocycles. The van der Waals surface area contributed by atoms with Crippen molar-refractivity contribution in [3.05, 3.63) is 56.2 Å². The quantitative estimate of drug-likeness (QED) is 0.354. The number of nitrogens with zero attached hydrogens (tertiary/aromatic N) is 2. The van der Waals surface area contributed by atoms with Crippen LogP contribution in [0.15, 0.2) is 34.2 Å². The number of hydrogen-bond acceptors (Lipinski definition) is 6. The lowest BCUT2D eigenvalue weighted by Gasteiger charge is -2.08. The number of fused-ring (bicyclic) bond motifs is 3. The van der Waals surface area contributed by atoms with Gasteiger partial charge in [0, 0.05) is 17.7 Å². The third kappa shape index (κ3) is 3.86. The van der Waals surface area contributed by atoms with Gasteiger partial charge < -0.3 is 4.74 Å². The molecule has 2 heterocycles. The maximum atomic E-state index is 12.8. The van der Waals surface area contributed by atoms with Gasteiger partial charge in [0.05, 0.1) is 18.1 Å². The van der Waals surface area contributed by atoms with E-state index in [2.05, 4.69) is 0 Å². The summed E-state index contributed by atoms with van der Waals surface area (Å²) in [5.74, 6) is 0.336. The summed E-state index contributed by atoms with van der Waals surface area (Å²) >= 11 is 3.20. The van der Waals surface area contributed by atoms with Crippen LogP contribution in [0.1, 0.15) is 46.6 Å². The summed E-state index contributed by atoms with van der Waals surface area (Å²) in [6.07, 6.45) is 3.19. The predicted octanol–water partition coefficient (Wildman–Crippen LogP) is 4.59. The van der Waals surface area contributed by atoms with Crippen LogP contribution >= 0.6 is 23.1 Å². The van der Waals surface area contributed by atoms with Crippen molar-refractivity contribution in [2.75, 3.05) is 7.11 Å². The number of carbonyl (C=O) groups is 1. The molecule has 1 aliphatic rings. The van der Waals surface area contributed by atoms with Crippen LogP contribution in [0.25, 0.3) is 10.2 Å². The molecule has 5 nitrogen and oxygen atoms in total. The molecule has 3 aromatic rings. The van der Waals surface area contributed by atoms with Gasteiger partial charge in [0.15, 0.2) is 5.16 Å². The van der Waals surface area contributed by atoms with E-state index in [-0.39, 0.29) is 11.5 Å². The Morgan fingerprint density at radius 1 is 1.25 bits per heavy atom. The molecule has 2 aromatic heterocycles. The number of benzene rings is 1. The van der Waals surface area contributed by atoms with E-state index in [1.165, 1.54) is 29.3 Å². The van der Waals surface area contributed by atoms with E-state index in [0.717, 1.165) is 40.2 Å². The molecule has 7 heteroatoms. The average Bonchev–Trinajstić information content (AvgIpc) is 3.32. The van der Waals surface area contributed by atoms with Gasteiger partial charge in [-0.05, 0) is 42.5 Å². The lowest BCUT2D eigenvalue weighted by molar-refractivity contribution is 0.0600. The van der Waals surface area contributed by atoms with Crippen molar-refractivity contribution in [3.8, 4) is 0 Å². The summed E-state index contributed by atoms with van der Waals surface area (Å²) < 4.78 is 6.36. The number of ether oxygens (including phenoxy) is 1. The average molecular weight is 417 g/mol. The molecule has 0 spiro atoms. The fourth-order valence-electron chi connectivity index (χ4n) is 3.24. The molecule has 0 unspecified atom stereocenters. The van der Waals surface area contributed by atoms with Crippen LogP contribution in [-0.4, -0.2) is 22.6 Å². The van der Waals surface area contributed by atoms with Gasteiger partial charge in [-0.3, -0.25) is 9.36 Å². The van der Waals surface area contributed by atoms with E-state index in [9.17, 15) is 9.59 Å². The number of methoxy groups -OCH3 is 1. The molecule has 28 heavy (non-hydrogen) atoms. The van der Waals surface area contributed by atoms with E-state index in [1.54, 1.807) is 35.1 Å². The van der Waals surface area contributed by atoms with Crippen LogP contribution in [0.2, 0.25) is 0 Å². The summed E-state index contributed by atoms with van der Waals surface area (Å²) in [6.45, 7) is 4.00. The minimum Gasteiger partial charge on any atom is -0.465 e. The van der Waals surface area contributed by atoms with Crippen molar-refractivity contribution < 1.29 is 9.53 Å². The van der Waals surface area contributed by atoms with Crippen LogP contribution in [0, 0.1) is 0 Å². The maximum absolute atomic E-state index is 12.8. The first-order chi connectivity index (χ1) is 13.6. The number of hydrogen-bond donors (Lipinski definition) is 0. The zero-order valence-electron chi connectivity index (χ0n) is 16.6. The number of esters is 1. The second-order valence-electron chi connectivity index (χ2n) is 6.27. The lowest BCUT2D eigenvalue weighted by Crippen LogP contribution is -2.20. The van der Waals surface area contributed by atoms with Gasteiger partial charge in [0.25, 0.3) is 5.56 Å². The van der Waals surface area contributed by atoms with Gasteiger partial charge in [-0.25, -0.2) is 9.78 Å². The molecule has 0 fully saturated rings. The van der Waals surface area contributed by atoms with Crippen molar-refractivity contribution in [1.29, 1.82) is 0 Å². The molecular weight excluding hydrogens is 392 g/mol. The van der Waals surface area contributed by atoms with E-state index in [1.807, 2.05) is 26.0 Å². The number of thiophene rings is 1. The molecule has 0 saturated carbocycles. The Bertz CT molecular complexity index is 1050. The number of thioether (sulfide) groups is 1. The minimum atomic E-state index is -0.343. The first-order valence-electron chi connectivity index (χ1n) is 9.40. The Morgan fingerprint density at radius 3 is 2.64 bits per heavy atom. The van der Waals surface area contributed by atoms with Crippen molar-refractivity contribution in [3.63, 3.8) is 0 Å². The summed E-state index contributed by atoms with van der Waals surface area (Å²) in [4.78, 5) is 31.2. The number of aromatic nitrogens is 2. The highest BCUT2D eigenvalue weighted by atomic mass is 32.2. The third-order valence-electron chi connectivity index (χ3n) is 4.65. The highest BCUT2D eigenvalue weighted by Crippen LogP contribution is 2.35. The fraction of sp³-hybridized carbons (Fsp3) is 0.381. The SMILES string of the molecule is CC.COC(=O)c1ccc(CSc2nc3sc4c(c3c(=O)n2C)CCC4)cc1. The van der Waals surface area contributed by atoms with Crippen molar-refractivity contribution >= 4 is 39.3 Å². The van der Waals surface area contributed by atoms with Gasteiger partial charge in [0.1, 0.15) is 4.83 Å². The third-order valence-corrected chi connectivity index (χ3v) is 6.94. The summed E-state index contributed by atoms with van der Waals surface area (Å²) in [7, 11) is 3.16. The van der Waals surface area contributed by atoms with E-state index >= 15 is 0 Å². The first kappa shape index (κ1) is 20.6. The lowest BCUT2D eigenvalue weighted by atomic mass is 10.1. The number of rotatable bonds is 4. The first-order valence-corrected chi connectivity index (χ1v) is 11.2. The van der Waals surface area contributed by atoms with Crippen LogP contribution in [0.4, 0.5) is 0 Å². The zero-order valence-corrected chi connectivity index (χ0v) is 18.2. The number of aryl methyl sites for hydroxylation is 2. The largest absolute Gasteiger partial charge is 0.465 e. The predicted molar refractivity (Wildman–Crippen MR) is 116 cm³/mol. The molecular formula is C21H24N2O3S2. The Morgan fingerprint density at radius 2 is 1.96 bits per heavy atom. The highest BCUT2D eigenvalue weighted by molar-refractivity contribution is 7.98. The van der Waals surface area contributed by atoms with Crippen LogP contribution in [0.3, 0.4) is 0 Å². The number of carbonyl (C=O) groups excluding carboxylic acids is 1. The Labute approximate surface area is 172 Å².